The Hall–Kier alpha value is -2.29. The number of hydrogen-bond donors (Lipinski definition) is 1. The van der Waals surface area contributed by atoms with Crippen molar-refractivity contribution in [2.45, 2.75) is 482 Å². The molecule has 0 fully saturated rings. The predicted octanol–water partition coefficient (Wildman–Crippen LogP) is 31.2. The molecule has 612 valence electrons. The Kier molecular flexibility index (Phi) is 82.9. The fraction of sp³-hybridized carbons (Fsp3) is 0.872. The monoisotopic (exact) mass is 1480 g/mol. The third kappa shape index (κ3) is 88.6. The molecule has 0 rings (SSSR count). The molecule has 0 saturated carbocycles. The smallest absolute Gasteiger partial charge is 0.462 e. The first-order chi connectivity index (χ1) is 51.0. The maximum absolute atomic E-state index is 13.0. The van der Waals surface area contributed by atoms with Crippen molar-refractivity contribution < 1.29 is 42.1 Å². The number of carbonyl (C=O) groups is 2. The highest BCUT2D eigenvalue weighted by Crippen LogP contribution is 2.43. The van der Waals surface area contributed by atoms with Gasteiger partial charge in [0.15, 0.2) is 6.10 Å². The second-order valence-corrected chi connectivity index (χ2v) is 34.1. The molecule has 0 saturated heterocycles. The molecule has 0 radical (unpaired) electrons. The van der Waals surface area contributed by atoms with Crippen LogP contribution >= 0.6 is 7.82 Å². The van der Waals surface area contributed by atoms with Crippen LogP contribution in [0.25, 0.3) is 0 Å². The van der Waals surface area contributed by atoms with E-state index in [-0.39, 0.29) is 25.6 Å². The number of ether oxygens (including phenoxy) is 2. The molecule has 2 atom stereocenters. The molecule has 0 aliphatic heterocycles. The zero-order chi connectivity index (χ0) is 75.4. The number of carbonyl (C=O) groups excluding carboxylic acids is 2. The van der Waals surface area contributed by atoms with Crippen molar-refractivity contribution in [3.63, 3.8) is 0 Å². The molecule has 10 heteroatoms. The lowest BCUT2D eigenvalue weighted by Gasteiger charge is -2.24. The van der Waals surface area contributed by atoms with Crippen molar-refractivity contribution in [3.05, 3.63) is 60.8 Å². The standard InChI is InChI=1S/C94H178NO8P/c1-6-8-10-12-14-16-18-20-22-24-26-28-30-32-34-36-38-40-42-44-46-47-49-51-53-55-57-59-61-63-65-67-69-71-73-75-77-79-81-83-85-87-94(97)103-92(91-102-104(98,99)101-89-88-95(3,4)5)90-100-93(96)86-84-82-80-78-76-74-72-70-68-66-64-62-60-58-56-54-52-50-48-45-43-41-39-37-35-33-31-29-27-25-23-21-19-17-15-13-11-9-7-2/h18-21,24-27,30,32,92H,6-17,22-23,28-29,31,33-91H2,1-5H3/p+1/b20-18-,21-19-,26-24-,27-25-,32-30-. The summed E-state index contributed by atoms with van der Waals surface area (Å²) in [4.78, 5) is 36.1. The zero-order valence-electron chi connectivity index (χ0n) is 70.3. The van der Waals surface area contributed by atoms with E-state index in [4.69, 9.17) is 18.5 Å². The summed E-state index contributed by atoms with van der Waals surface area (Å²) >= 11 is 0. The fourth-order valence-corrected chi connectivity index (χ4v) is 14.7. The molecule has 9 nitrogen and oxygen atoms in total. The first-order valence-electron chi connectivity index (χ1n) is 46.0. The third-order valence-corrected chi connectivity index (χ3v) is 22.0. The van der Waals surface area contributed by atoms with Gasteiger partial charge >= 0.3 is 19.8 Å². The van der Waals surface area contributed by atoms with Gasteiger partial charge in [0.1, 0.15) is 19.8 Å². The fourth-order valence-electron chi connectivity index (χ4n) is 14.0. The quantitative estimate of drug-likeness (QED) is 0.0211. The van der Waals surface area contributed by atoms with E-state index < -0.39 is 26.5 Å². The van der Waals surface area contributed by atoms with Gasteiger partial charge in [0, 0.05) is 12.8 Å². The molecule has 0 heterocycles. The lowest BCUT2D eigenvalue weighted by molar-refractivity contribution is -0.870. The van der Waals surface area contributed by atoms with Crippen LogP contribution < -0.4 is 0 Å². The minimum absolute atomic E-state index is 0.0350. The van der Waals surface area contributed by atoms with Crippen LogP contribution in [0.2, 0.25) is 0 Å². The molecule has 0 aromatic heterocycles. The second-order valence-electron chi connectivity index (χ2n) is 32.7. The SMILES string of the molecule is CCCCCCC/C=C\C/C=C\C/C=C\CCCCCCCCCCCCCCCCCCCCCCCCCCCCC(=O)OC(COC(=O)CCCCCCCCCCCCCCCCCCCCCCCCCCCCC/C=C\C/C=C\CCCCCCC)COP(=O)(O)OCC[N+](C)(C)C. The van der Waals surface area contributed by atoms with Crippen molar-refractivity contribution in [3.8, 4) is 0 Å². The molecular weight excluding hydrogens is 1300 g/mol. The Morgan fingerprint density at radius 2 is 0.519 bits per heavy atom. The lowest BCUT2D eigenvalue weighted by Crippen LogP contribution is -2.37. The minimum Gasteiger partial charge on any atom is -0.462 e. The van der Waals surface area contributed by atoms with Gasteiger partial charge < -0.3 is 18.9 Å². The van der Waals surface area contributed by atoms with Crippen LogP contribution in [0.4, 0.5) is 0 Å². The maximum atomic E-state index is 13.0. The lowest BCUT2D eigenvalue weighted by atomic mass is 10.0. The van der Waals surface area contributed by atoms with E-state index in [9.17, 15) is 19.0 Å². The number of nitrogens with zero attached hydrogens (tertiary/aromatic N) is 1. The van der Waals surface area contributed by atoms with Crippen LogP contribution in [-0.2, 0) is 32.7 Å². The van der Waals surface area contributed by atoms with Crippen LogP contribution in [0.1, 0.15) is 476 Å². The summed E-state index contributed by atoms with van der Waals surface area (Å²) in [5.41, 5.74) is 0. The number of allylic oxidation sites excluding steroid dienone is 10. The van der Waals surface area contributed by atoms with Gasteiger partial charge in [-0.25, -0.2) is 4.57 Å². The average Bonchev–Trinajstić information content (AvgIpc) is 0.920. The molecule has 0 aliphatic carbocycles. The van der Waals surface area contributed by atoms with Gasteiger partial charge in [0.25, 0.3) is 0 Å². The van der Waals surface area contributed by atoms with Gasteiger partial charge in [-0.05, 0) is 83.5 Å². The number of phosphoric acid groups is 1. The Bertz CT molecular complexity index is 1940. The van der Waals surface area contributed by atoms with E-state index in [1.807, 2.05) is 21.1 Å². The number of esters is 2. The Morgan fingerprint density at radius 1 is 0.298 bits per heavy atom. The van der Waals surface area contributed by atoms with Crippen LogP contribution in [0, 0.1) is 0 Å². The Balaban J connectivity index is 3.83. The molecule has 0 amide bonds. The number of rotatable bonds is 87. The van der Waals surface area contributed by atoms with E-state index in [2.05, 4.69) is 74.6 Å². The number of hydrogen-bond acceptors (Lipinski definition) is 7. The van der Waals surface area contributed by atoms with Gasteiger partial charge in [-0.2, -0.15) is 0 Å². The van der Waals surface area contributed by atoms with E-state index in [0.717, 1.165) is 51.4 Å². The summed E-state index contributed by atoms with van der Waals surface area (Å²) in [6.45, 7) is 4.49. The maximum Gasteiger partial charge on any atom is 0.472 e. The highest BCUT2D eigenvalue weighted by atomic mass is 31.2. The third-order valence-electron chi connectivity index (χ3n) is 21.0. The van der Waals surface area contributed by atoms with Crippen molar-refractivity contribution in [2.24, 2.45) is 0 Å². The number of unbranched alkanes of at least 4 members (excludes halogenated alkanes) is 63. The number of quaternary nitrogens is 1. The molecule has 0 aromatic rings. The molecule has 104 heavy (non-hydrogen) atoms. The second kappa shape index (κ2) is 84.7. The first kappa shape index (κ1) is 102. The molecule has 2 unspecified atom stereocenters. The minimum atomic E-state index is -4.40. The number of phosphoric ester groups is 1. The number of likely N-dealkylation sites (N-methyl/N-ethyl adjacent to an activating group) is 1. The summed E-state index contributed by atoms with van der Waals surface area (Å²) in [6.07, 6.45) is 116. The summed E-state index contributed by atoms with van der Waals surface area (Å²) in [5, 5.41) is 0. The predicted molar refractivity (Wildman–Crippen MR) is 455 cm³/mol. The topological polar surface area (TPSA) is 108 Å². The highest BCUT2D eigenvalue weighted by Gasteiger charge is 2.27. The molecule has 0 spiro atoms. The summed E-state index contributed by atoms with van der Waals surface area (Å²) < 4.78 is 34.9. The van der Waals surface area contributed by atoms with Crippen molar-refractivity contribution in [1.82, 2.24) is 0 Å². The van der Waals surface area contributed by atoms with Gasteiger partial charge in [0.2, 0.25) is 0 Å². The van der Waals surface area contributed by atoms with Gasteiger partial charge in [0.05, 0.1) is 27.7 Å². The van der Waals surface area contributed by atoms with Crippen molar-refractivity contribution in [2.75, 3.05) is 47.5 Å². The summed E-state index contributed by atoms with van der Waals surface area (Å²) in [5.74, 6) is -0.769. The van der Waals surface area contributed by atoms with Crippen LogP contribution in [0.15, 0.2) is 60.8 Å². The van der Waals surface area contributed by atoms with E-state index in [0.29, 0.717) is 23.9 Å². The molecule has 0 aromatic carbocycles. The molecule has 0 bridgehead atoms. The summed E-state index contributed by atoms with van der Waals surface area (Å²) in [6, 6.07) is 0. The Morgan fingerprint density at radius 3 is 0.769 bits per heavy atom. The Labute approximate surface area is 648 Å². The van der Waals surface area contributed by atoms with Crippen molar-refractivity contribution in [1.29, 1.82) is 0 Å². The van der Waals surface area contributed by atoms with Crippen molar-refractivity contribution >= 4 is 19.8 Å². The highest BCUT2D eigenvalue weighted by molar-refractivity contribution is 7.47. The zero-order valence-corrected chi connectivity index (χ0v) is 71.2. The average molecular weight is 1480 g/mol. The van der Waals surface area contributed by atoms with Crippen LogP contribution in [-0.4, -0.2) is 74.9 Å². The van der Waals surface area contributed by atoms with Gasteiger partial charge in [-0.1, -0.05) is 441 Å². The first-order valence-corrected chi connectivity index (χ1v) is 47.5. The van der Waals surface area contributed by atoms with Gasteiger partial charge in [-0.3, -0.25) is 18.6 Å². The van der Waals surface area contributed by atoms with E-state index in [1.165, 1.54) is 392 Å². The summed E-state index contributed by atoms with van der Waals surface area (Å²) in [7, 11) is 1.50. The molecular formula is C94H179NO8P+. The van der Waals surface area contributed by atoms with Gasteiger partial charge in [-0.15, -0.1) is 0 Å². The molecule has 0 aliphatic rings. The van der Waals surface area contributed by atoms with Crippen LogP contribution in [0.5, 0.6) is 0 Å². The van der Waals surface area contributed by atoms with E-state index >= 15 is 0 Å². The molecule has 1 N–H and O–H groups in total. The normalized spacial score (nSPS) is 13.2. The largest absolute Gasteiger partial charge is 0.472 e. The van der Waals surface area contributed by atoms with E-state index in [1.54, 1.807) is 0 Å². The van der Waals surface area contributed by atoms with Crippen LogP contribution in [0.3, 0.4) is 0 Å².